The van der Waals surface area contributed by atoms with Crippen molar-refractivity contribution in [1.82, 2.24) is 0 Å². The summed E-state index contributed by atoms with van der Waals surface area (Å²) in [6.07, 6.45) is 0. The summed E-state index contributed by atoms with van der Waals surface area (Å²) >= 11 is 0. The number of nitriles is 1. The topological polar surface area (TPSA) is 124 Å². The fourth-order valence-corrected chi connectivity index (χ4v) is 1.04. The van der Waals surface area contributed by atoms with E-state index in [0.29, 0.717) is 0 Å². The van der Waals surface area contributed by atoms with E-state index in [0.717, 1.165) is 12.1 Å². The van der Waals surface area contributed by atoms with Crippen LogP contribution in [0.4, 0.5) is 5.69 Å². The average Bonchev–Trinajstić information content (AvgIpc) is 2.15. The van der Waals surface area contributed by atoms with Crippen molar-refractivity contribution >= 4 is 11.7 Å². The Kier molecular flexibility index (Phi) is 2.53. The molecule has 0 aliphatic rings. The van der Waals surface area contributed by atoms with Gasteiger partial charge in [-0.1, -0.05) is 0 Å². The van der Waals surface area contributed by atoms with E-state index in [1.54, 1.807) is 0 Å². The van der Waals surface area contributed by atoms with E-state index < -0.39 is 27.9 Å². The summed E-state index contributed by atoms with van der Waals surface area (Å²) in [5.74, 6) is -2.60. The van der Waals surface area contributed by atoms with Gasteiger partial charge in [0.05, 0.1) is 10.5 Å². The van der Waals surface area contributed by atoms with Crippen molar-refractivity contribution in [3.05, 3.63) is 33.4 Å². The molecule has 0 unspecified atom stereocenters. The van der Waals surface area contributed by atoms with Crippen molar-refractivity contribution in [3.63, 3.8) is 0 Å². The van der Waals surface area contributed by atoms with E-state index >= 15 is 0 Å². The Labute approximate surface area is 83.0 Å². The van der Waals surface area contributed by atoms with E-state index in [1.807, 2.05) is 0 Å². The summed E-state index contributed by atoms with van der Waals surface area (Å²) in [6.45, 7) is 0. The maximum absolute atomic E-state index is 10.6. The van der Waals surface area contributed by atoms with Crippen molar-refractivity contribution in [2.45, 2.75) is 0 Å². The monoisotopic (exact) mass is 208 g/mol. The smallest absolute Gasteiger partial charge is 0.341 e. The number of hydrogen-bond acceptors (Lipinski definition) is 5. The summed E-state index contributed by atoms with van der Waals surface area (Å²) in [4.78, 5) is 20.1. The van der Waals surface area contributed by atoms with Gasteiger partial charge in [0.15, 0.2) is 0 Å². The summed E-state index contributed by atoms with van der Waals surface area (Å²) < 4.78 is 0. The number of nitro benzene ring substituents is 1. The van der Waals surface area contributed by atoms with Crippen molar-refractivity contribution in [2.75, 3.05) is 0 Å². The van der Waals surface area contributed by atoms with Crippen molar-refractivity contribution in [3.8, 4) is 11.8 Å². The fourth-order valence-electron chi connectivity index (χ4n) is 1.04. The minimum Gasteiger partial charge on any atom is -0.501 e. The molecule has 7 heteroatoms. The van der Waals surface area contributed by atoms with Crippen LogP contribution in [0, 0.1) is 21.4 Å². The Hall–Kier alpha value is -2.62. The van der Waals surface area contributed by atoms with Crippen LogP contribution in [0.2, 0.25) is 0 Å². The number of rotatable bonds is 2. The molecular formula is C8H4N2O5. The van der Waals surface area contributed by atoms with Crippen molar-refractivity contribution < 1.29 is 19.9 Å². The number of carbonyl (C=O) groups is 1. The number of nitro groups is 1. The molecule has 0 aromatic heterocycles. The number of aromatic carboxylic acids is 1. The van der Waals surface area contributed by atoms with E-state index in [-0.39, 0.29) is 5.56 Å². The zero-order chi connectivity index (χ0) is 11.6. The quantitative estimate of drug-likeness (QED) is 0.548. The molecule has 0 spiro atoms. The molecule has 0 heterocycles. The third-order valence-corrected chi connectivity index (χ3v) is 1.69. The molecule has 0 bridgehead atoms. The Morgan fingerprint density at radius 3 is 2.53 bits per heavy atom. The highest BCUT2D eigenvalue weighted by Crippen LogP contribution is 2.31. The molecule has 0 aliphatic heterocycles. The SMILES string of the molecule is N#Cc1ccc([N+](=O)[O-])c(O)c1C(=O)O. The van der Waals surface area contributed by atoms with E-state index in [2.05, 4.69) is 0 Å². The van der Waals surface area contributed by atoms with Gasteiger partial charge in [-0.2, -0.15) is 5.26 Å². The van der Waals surface area contributed by atoms with Gasteiger partial charge in [-0.05, 0) is 6.07 Å². The van der Waals surface area contributed by atoms with Gasteiger partial charge < -0.3 is 10.2 Å². The maximum Gasteiger partial charge on any atom is 0.341 e. The van der Waals surface area contributed by atoms with Crippen LogP contribution in [-0.2, 0) is 0 Å². The van der Waals surface area contributed by atoms with Crippen molar-refractivity contribution in [1.29, 1.82) is 5.26 Å². The predicted octanol–water partition coefficient (Wildman–Crippen LogP) is 0.870. The second-order valence-corrected chi connectivity index (χ2v) is 2.53. The average molecular weight is 208 g/mol. The minimum atomic E-state index is -1.59. The van der Waals surface area contributed by atoms with Crippen LogP contribution in [0.5, 0.6) is 5.75 Å². The molecule has 76 valence electrons. The molecule has 1 aromatic rings. The number of hydrogen-bond donors (Lipinski definition) is 2. The first-order valence-electron chi connectivity index (χ1n) is 3.62. The summed E-state index contributed by atoms with van der Waals surface area (Å²) in [5, 5.41) is 36.8. The fraction of sp³-hybridized carbons (Fsp3) is 0. The third kappa shape index (κ3) is 1.68. The molecule has 15 heavy (non-hydrogen) atoms. The van der Waals surface area contributed by atoms with Crippen LogP contribution in [0.15, 0.2) is 12.1 Å². The molecule has 7 nitrogen and oxygen atoms in total. The van der Waals surface area contributed by atoms with Crippen LogP contribution in [-0.4, -0.2) is 21.1 Å². The number of carboxylic acids is 1. The number of phenols is 1. The van der Waals surface area contributed by atoms with Crippen LogP contribution in [0.1, 0.15) is 15.9 Å². The van der Waals surface area contributed by atoms with E-state index in [1.165, 1.54) is 6.07 Å². The molecule has 0 atom stereocenters. The molecule has 0 saturated carbocycles. The largest absolute Gasteiger partial charge is 0.501 e. The van der Waals surface area contributed by atoms with Gasteiger partial charge in [-0.25, -0.2) is 4.79 Å². The lowest BCUT2D eigenvalue weighted by Crippen LogP contribution is -2.02. The first kappa shape index (κ1) is 10.5. The lowest BCUT2D eigenvalue weighted by Gasteiger charge is -2.01. The Morgan fingerprint density at radius 1 is 1.53 bits per heavy atom. The highest BCUT2D eigenvalue weighted by Gasteiger charge is 2.24. The number of nitrogens with zero attached hydrogens (tertiary/aromatic N) is 2. The Bertz CT molecular complexity index is 489. The van der Waals surface area contributed by atoms with Gasteiger partial charge in [-0.15, -0.1) is 0 Å². The zero-order valence-corrected chi connectivity index (χ0v) is 7.17. The minimum absolute atomic E-state index is 0.328. The normalized spacial score (nSPS) is 9.27. The van der Waals surface area contributed by atoms with Gasteiger partial charge in [0.2, 0.25) is 5.75 Å². The standard InChI is InChI=1S/C8H4N2O5/c9-3-4-1-2-5(10(14)15)7(11)6(4)8(12)13/h1-2,11H,(H,12,13). The maximum atomic E-state index is 10.6. The third-order valence-electron chi connectivity index (χ3n) is 1.69. The molecule has 0 amide bonds. The van der Waals surface area contributed by atoms with Crippen LogP contribution in [0.25, 0.3) is 0 Å². The molecule has 0 saturated heterocycles. The van der Waals surface area contributed by atoms with Crippen LogP contribution >= 0.6 is 0 Å². The van der Waals surface area contributed by atoms with Crippen molar-refractivity contribution in [2.24, 2.45) is 0 Å². The van der Waals surface area contributed by atoms with Gasteiger partial charge >= 0.3 is 11.7 Å². The number of benzene rings is 1. The molecule has 0 fully saturated rings. The predicted molar refractivity (Wildman–Crippen MR) is 46.4 cm³/mol. The second kappa shape index (κ2) is 3.63. The second-order valence-electron chi connectivity index (χ2n) is 2.53. The Balaban J connectivity index is 3.58. The van der Waals surface area contributed by atoms with Gasteiger partial charge in [0.25, 0.3) is 0 Å². The first-order chi connectivity index (χ1) is 6.99. The molecule has 1 aromatic carbocycles. The van der Waals surface area contributed by atoms with Gasteiger partial charge in [0, 0.05) is 6.07 Å². The molecule has 0 radical (unpaired) electrons. The first-order valence-corrected chi connectivity index (χ1v) is 3.62. The summed E-state index contributed by atoms with van der Waals surface area (Å²) in [5.41, 5.74) is -1.83. The van der Waals surface area contributed by atoms with Gasteiger partial charge in [0.1, 0.15) is 11.6 Å². The van der Waals surface area contributed by atoms with Gasteiger partial charge in [-0.3, -0.25) is 10.1 Å². The lowest BCUT2D eigenvalue weighted by molar-refractivity contribution is -0.385. The summed E-state index contributed by atoms with van der Waals surface area (Å²) in [6, 6.07) is 3.37. The lowest BCUT2D eigenvalue weighted by atomic mass is 10.1. The molecule has 0 aliphatic carbocycles. The van der Waals surface area contributed by atoms with E-state index in [9.17, 15) is 20.0 Å². The molecule has 2 N–H and O–H groups in total. The number of carboxylic acid groups (broad SMARTS) is 1. The van der Waals surface area contributed by atoms with E-state index in [4.69, 9.17) is 10.4 Å². The zero-order valence-electron chi connectivity index (χ0n) is 7.17. The highest BCUT2D eigenvalue weighted by molar-refractivity contribution is 5.95. The van der Waals surface area contributed by atoms with Crippen LogP contribution in [0.3, 0.4) is 0 Å². The highest BCUT2D eigenvalue weighted by atomic mass is 16.6. The van der Waals surface area contributed by atoms with Crippen LogP contribution < -0.4 is 0 Å². The Morgan fingerprint density at radius 2 is 2.13 bits per heavy atom. The number of aromatic hydroxyl groups is 1. The molecular weight excluding hydrogens is 204 g/mol. The summed E-state index contributed by atoms with van der Waals surface area (Å²) in [7, 11) is 0. The molecule has 1 rings (SSSR count).